The molecular weight excluding hydrogens is 322 g/mol. The van der Waals surface area contributed by atoms with E-state index in [1.165, 1.54) is 18.2 Å². The van der Waals surface area contributed by atoms with E-state index < -0.39 is 16.6 Å². The molecule has 21 heavy (non-hydrogen) atoms. The lowest BCUT2D eigenvalue weighted by molar-refractivity contribution is -0.384. The molecule has 0 saturated carbocycles. The van der Waals surface area contributed by atoms with Gasteiger partial charge in [0.15, 0.2) is 0 Å². The molecular formula is C13H7Cl2FN2O3. The van der Waals surface area contributed by atoms with Crippen molar-refractivity contribution in [2.45, 2.75) is 0 Å². The molecule has 5 nitrogen and oxygen atoms in total. The van der Waals surface area contributed by atoms with Gasteiger partial charge in [-0.3, -0.25) is 14.9 Å². The molecule has 0 aliphatic rings. The quantitative estimate of drug-likeness (QED) is 0.674. The average Bonchev–Trinajstić information content (AvgIpc) is 2.43. The third kappa shape index (κ3) is 3.48. The van der Waals surface area contributed by atoms with E-state index in [4.69, 9.17) is 23.2 Å². The van der Waals surface area contributed by atoms with E-state index in [1.807, 2.05) is 0 Å². The summed E-state index contributed by atoms with van der Waals surface area (Å²) >= 11 is 11.4. The van der Waals surface area contributed by atoms with Crippen LogP contribution >= 0.6 is 23.2 Å². The number of carbonyl (C=O) groups is 1. The first-order valence-electron chi connectivity index (χ1n) is 5.59. The largest absolute Gasteiger partial charge is 0.322 e. The maximum absolute atomic E-state index is 13.5. The molecule has 108 valence electrons. The molecule has 0 unspecified atom stereocenters. The molecule has 1 N–H and O–H groups in total. The fourth-order valence-corrected chi connectivity index (χ4v) is 1.96. The Balaban J connectivity index is 2.29. The second-order valence-electron chi connectivity index (χ2n) is 4.00. The van der Waals surface area contributed by atoms with Crippen molar-refractivity contribution < 1.29 is 14.1 Å². The summed E-state index contributed by atoms with van der Waals surface area (Å²) in [6, 6.07) is 7.25. The van der Waals surface area contributed by atoms with Crippen LogP contribution < -0.4 is 5.32 Å². The van der Waals surface area contributed by atoms with Crippen LogP contribution in [0.3, 0.4) is 0 Å². The molecule has 0 aromatic heterocycles. The zero-order valence-electron chi connectivity index (χ0n) is 10.3. The van der Waals surface area contributed by atoms with Gasteiger partial charge in [0.05, 0.1) is 10.5 Å². The Morgan fingerprint density at radius 3 is 2.57 bits per heavy atom. The molecule has 0 aliphatic heterocycles. The van der Waals surface area contributed by atoms with E-state index in [2.05, 4.69) is 5.32 Å². The molecule has 2 aromatic rings. The molecule has 2 rings (SSSR count). The summed E-state index contributed by atoms with van der Waals surface area (Å²) in [4.78, 5) is 22.0. The number of nitro groups is 1. The average molecular weight is 329 g/mol. The van der Waals surface area contributed by atoms with E-state index >= 15 is 0 Å². The minimum absolute atomic E-state index is 0.0630. The van der Waals surface area contributed by atoms with Gasteiger partial charge < -0.3 is 5.32 Å². The number of anilines is 1. The minimum Gasteiger partial charge on any atom is -0.322 e. The van der Waals surface area contributed by atoms with Crippen LogP contribution in [0.5, 0.6) is 0 Å². The molecule has 0 spiro atoms. The van der Waals surface area contributed by atoms with Crippen LogP contribution in [0.15, 0.2) is 36.4 Å². The van der Waals surface area contributed by atoms with Crippen molar-refractivity contribution in [3.63, 3.8) is 0 Å². The molecule has 0 atom stereocenters. The topological polar surface area (TPSA) is 72.2 Å². The first-order valence-corrected chi connectivity index (χ1v) is 6.34. The molecule has 1 amide bonds. The number of carbonyl (C=O) groups excluding carboxylic acids is 1. The zero-order chi connectivity index (χ0) is 15.6. The highest BCUT2D eigenvalue weighted by molar-refractivity contribution is 6.32. The van der Waals surface area contributed by atoms with E-state index in [-0.39, 0.29) is 27.0 Å². The van der Waals surface area contributed by atoms with E-state index in [0.717, 1.165) is 18.2 Å². The van der Waals surface area contributed by atoms with Crippen molar-refractivity contribution >= 4 is 40.5 Å². The number of nitrogens with one attached hydrogen (secondary N) is 1. The van der Waals surface area contributed by atoms with Gasteiger partial charge in [0, 0.05) is 16.8 Å². The Kier molecular flexibility index (Phi) is 4.40. The first-order chi connectivity index (χ1) is 9.88. The summed E-state index contributed by atoms with van der Waals surface area (Å²) < 4.78 is 13.5. The zero-order valence-corrected chi connectivity index (χ0v) is 11.8. The van der Waals surface area contributed by atoms with Crippen molar-refractivity contribution in [1.29, 1.82) is 0 Å². The normalized spacial score (nSPS) is 10.2. The number of amides is 1. The van der Waals surface area contributed by atoms with Crippen molar-refractivity contribution in [3.05, 3.63) is 67.9 Å². The predicted molar refractivity (Wildman–Crippen MR) is 77.5 cm³/mol. The van der Waals surface area contributed by atoms with E-state index in [9.17, 15) is 19.3 Å². The Labute approximate surface area is 128 Å². The summed E-state index contributed by atoms with van der Waals surface area (Å²) in [7, 11) is 0. The molecule has 2 aromatic carbocycles. The summed E-state index contributed by atoms with van der Waals surface area (Å²) in [5.41, 5.74) is -0.503. The summed E-state index contributed by atoms with van der Waals surface area (Å²) in [5.74, 6) is -1.52. The van der Waals surface area contributed by atoms with Crippen LogP contribution in [0.2, 0.25) is 10.0 Å². The third-order valence-electron chi connectivity index (χ3n) is 2.57. The SMILES string of the molecule is O=C(Nc1ccc(Cl)c([N+](=O)[O-])c1)c1cc(Cl)ccc1F. The van der Waals surface area contributed by atoms with Crippen LogP contribution in [0.25, 0.3) is 0 Å². The highest BCUT2D eigenvalue weighted by Crippen LogP contribution is 2.27. The van der Waals surface area contributed by atoms with Gasteiger partial charge in [0.25, 0.3) is 11.6 Å². The number of hydrogen-bond acceptors (Lipinski definition) is 3. The Morgan fingerprint density at radius 2 is 1.90 bits per heavy atom. The maximum Gasteiger partial charge on any atom is 0.289 e. The second kappa shape index (κ2) is 6.07. The fraction of sp³-hybridized carbons (Fsp3) is 0. The molecule has 0 saturated heterocycles. The third-order valence-corrected chi connectivity index (χ3v) is 3.13. The first kappa shape index (κ1) is 15.2. The lowest BCUT2D eigenvalue weighted by Crippen LogP contribution is -2.13. The van der Waals surface area contributed by atoms with Gasteiger partial charge in [-0.05, 0) is 30.3 Å². The Bertz CT molecular complexity index is 737. The fourth-order valence-electron chi connectivity index (χ4n) is 1.60. The Hall–Kier alpha value is -2.18. The number of nitrogens with zero attached hydrogens (tertiary/aromatic N) is 1. The standard InChI is InChI=1S/C13H7Cl2FN2O3/c14-7-1-4-11(16)9(5-7)13(19)17-8-2-3-10(15)12(6-8)18(20)21/h1-6H,(H,17,19). The van der Waals surface area contributed by atoms with Crippen LogP contribution in [0.1, 0.15) is 10.4 Å². The van der Waals surface area contributed by atoms with Gasteiger partial charge in [-0.25, -0.2) is 4.39 Å². The number of benzene rings is 2. The molecule has 0 radical (unpaired) electrons. The van der Waals surface area contributed by atoms with Crippen LogP contribution in [0.4, 0.5) is 15.8 Å². The molecule has 0 aliphatic carbocycles. The number of hydrogen-bond donors (Lipinski definition) is 1. The highest BCUT2D eigenvalue weighted by atomic mass is 35.5. The molecule has 8 heteroatoms. The minimum atomic E-state index is -0.772. The summed E-state index contributed by atoms with van der Waals surface area (Å²) in [6.07, 6.45) is 0. The van der Waals surface area contributed by atoms with Crippen LogP contribution in [0, 0.1) is 15.9 Å². The summed E-state index contributed by atoms with van der Waals surface area (Å²) in [6.45, 7) is 0. The van der Waals surface area contributed by atoms with E-state index in [1.54, 1.807) is 0 Å². The summed E-state index contributed by atoms with van der Waals surface area (Å²) in [5, 5.41) is 13.2. The molecule has 0 fully saturated rings. The number of nitro benzene ring substituents is 1. The molecule has 0 heterocycles. The monoisotopic (exact) mass is 328 g/mol. The van der Waals surface area contributed by atoms with Gasteiger partial charge in [-0.1, -0.05) is 23.2 Å². The number of halogens is 3. The maximum atomic E-state index is 13.5. The van der Waals surface area contributed by atoms with Gasteiger partial charge in [-0.15, -0.1) is 0 Å². The lowest BCUT2D eigenvalue weighted by atomic mass is 10.2. The Morgan fingerprint density at radius 1 is 1.19 bits per heavy atom. The number of rotatable bonds is 3. The lowest BCUT2D eigenvalue weighted by Gasteiger charge is -2.07. The van der Waals surface area contributed by atoms with Gasteiger partial charge in [0.1, 0.15) is 10.8 Å². The second-order valence-corrected chi connectivity index (χ2v) is 4.85. The van der Waals surface area contributed by atoms with Crippen LogP contribution in [-0.4, -0.2) is 10.8 Å². The van der Waals surface area contributed by atoms with Gasteiger partial charge in [-0.2, -0.15) is 0 Å². The molecule has 0 bridgehead atoms. The van der Waals surface area contributed by atoms with Crippen molar-refractivity contribution in [2.75, 3.05) is 5.32 Å². The van der Waals surface area contributed by atoms with Gasteiger partial charge >= 0.3 is 0 Å². The van der Waals surface area contributed by atoms with Crippen molar-refractivity contribution in [1.82, 2.24) is 0 Å². The van der Waals surface area contributed by atoms with Crippen LogP contribution in [-0.2, 0) is 0 Å². The van der Waals surface area contributed by atoms with Crippen molar-refractivity contribution in [2.24, 2.45) is 0 Å². The highest BCUT2D eigenvalue weighted by Gasteiger charge is 2.16. The van der Waals surface area contributed by atoms with Gasteiger partial charge in [0.2, 0.25) is 0 Å². The van der Waals surface area contributed by atoms with Crippen molar-refractivity contribution in [3.8, 4) is 0 Å². The van der Waals surface area contributed by atoms with E-state index in [0.29, 0.717) is 0 Å². The predicted octanol–water partition coefficient (Wildman–Crippen LogP) is 4.29. The smallest absolute Gasteiger partial charge is 0.289 e.